The first-order chi connectivity index (χ1) is 12.6. The largest absolute Gasteiger partial charge is 0.368 e. The molecule has 5 heteroatoms. The van der Waals surface area contributed by atoms with Gasteiger partial charge in [0.25, 0.3) is 0 Å². The van der Waals surface area contributed by atoms with Crippen molar-refractivity contribution >= 4 is 11.5 Å². The molecule has 0 aliphatic carbocycles. The van der Waals surface area contributed by atoms with E-state index in [-0.39, 0.29) is 0 Å². The highest BCUT2D eigenvalue weighted by Gasteiger charge is 2.31. The van der Waals surface area contributed by atoms with Crippen molar-refractivity contribution in [2.75, 3.05) is 62.7 Å². The van der Waals surface area contributed by atoms with E-state index < -0.39 is 0 Å². The summed E-state index contributed by atoms with van der Waals surface area (Å²) >= 11 is 0. The van der Waals surface area contributed by atoms with Crippen molar-refractivity contribution in [3.05, 3.63) is 17.8 Å². The molecule has 4 heterocycles. The molecule has 0 spiro atoms. The average Bonchev–Trinajstić information content (AvgIpc) is 2.64. The van der Waals surface area contributed by atoms with Gasteiger partial charge in [-0.3, -0.25) is 4.90 Å². The fourth-order valence-corrected chi connectivity index (χ4v) is 4.74. The molecule has 0 N–H and O–H groups in total. The van der Waals surface area contributed by atoms with Crippen molar-refractivity contribution < 1.29 is 0 Å². The van der Waals surface area contributed by atoms with E-state index in [1.807, 2.05) is 0 Å². The lowest BCUT2D eigenvalue weighted by atomic mass is 9.96. The van der Waals surface area contributed by atoms with Crippen molar-refractivity contribution in [1.82, 2.24) is 14.8 Å². The highest BCUT2D eigenvalue weighted by atomic mass is 15.3. The van der Waals surface area contributed by atoms with Gasteiger partial charge >= 0.3 is 0 Å². The molecule has 1 aromatic rings. The van der Waals surface area contributed by atoms with Crippen LogP contribution in [0.15, 0.2) is 12.3 Å². The molecule has 26 heavy (non-hydrogen) atoms. The van der Waals surface area contributed by atoms with Crippen LogP contribution in [0.3, 0.4) is 0 Å². The summed E-state index contributed by atoms with van der Waals surface area (Å²) in [6.07, 6.45) is 7.27. The maximum Gasteiger partial charge on any atom is 0.132 e. The van der Waals surface area contributed by atoms with Crippen molar-refractivity contribution in [2.24, 2.45) is 0 Å². The molecular formula is C21H35N5. The minimum atomic E-state index is 0.632. The van der Waals surface area contributed by atoms with Crippen molar-refractivity contribution in [1.29, 1.82) is 0 Å². The SMILES string of the molecule is CC(C)N1CCN2c3ncc(N4CCN(C)CC4)cc3CCCC[C@@H]2C1. The van der Waals surface area contributed by atoms with Gasteiger partial charge < -0.3 is 14.7 Å². The van der Waals surface area contributed by atoms with E-state index in [4.69, 9.17) is 4.98 Å². The maximum atomic E-state index is 5.02. The normalized spacial score (nSPS) is 25.6. The van der Waals surface area contributed by atoms with Gasteiger partial charge in [0.15, 0.2) is 0 Å². The first-order valence-corrected chi connectivity index (χ1v) is 10.5. The summed E-state index contributed by atoms with van der Waals surface area (Å²) in [6.45, 7) is 12.7. The number of hydrogen-bond acceptors (Lipinski definition) is 5. The van der Waals surface area contributed by atoms with Crippen LogP contribution in [0.2, 0.25) is 0 Å². The Morgan fingerprint density at radius 2 is 1.85 bits per heavy atom. The molecule has 0 saturated carbocycles. The second-order valence-electron chi connectivity index (χ2n) is 8.65. The predicted octanol–water partition coefficient (Wildman–Crippen LogP) is 2.46. The van der Waals surface area contributed by atoms with Crippen molar-refractivity contribution in [2.45, 2.75) is 51.6 Å². The number of hydrogen-bond donors (Lipinski definition) is 0. The molecule has 0 unspecified atom stereocenters. The second-order valence-corrected chi connectivity index (χ2v) is 8.65. The summed E-state index contributed by atoms with van der Waals surface area (Å²) in [7, 11) is 2.22. The quantitative estimate of drug-likeness (QED) is 0.810. The third-order valence-corrected chi connectivity index (χ3v) is 6.55. The second kappa shape index (κ2) is 7.73. The third-order valence-electron chi connectivity index (χ3n) is 6.55. The lowest BCUT2D eigenvalue weighted by molar-refractivity contribution is 0.174. The lowest BCUT2D eigenvalue weighted by Crippen LogP contribution is -2.55. The summed E-state index contributed by atoms with van der Waals surface area (Å²) in [5.41, 5.74) is 2.80. The zero-order valence-electron chi connectivity index (χ0n) is 16.8. The van der Waals surface area contributed by atoms with Crippen LogP contribution < -0.4 is 9.80 Å². The van der Waals surface area contributed by atoms with E-state index in [0.717, 1.165) is 39.3 Å². The molecular weight excluding hydrogens is 322 g/mol. The molecule has 4 rings (SSSR count). The van der Waals surface area contributed by atoms with Gasteiger partial charge in [-0.25, -0.2) is 4.98 Å². The van der Waals surface area contributed by atoms with Crippen LogP contribution in [0, 0.1) is 0 Å². The predicted molar refractivity (Wildman–Crippen MR) is 109 cm³/mol. The summed E-state index contributed by atoms with van der Waals surface area (Å²) in [4.78, 5) is 15.2. The summed E-state index contributed by atoms with van der Waals surface area (Å²) < 4.78 is 0. The summed E-state index contributed by atoms with van der Waals surface area (Å²) in [6, 6.07) is 3.73. The molecule has 2 fully saturated rings. The summed E-state index contributed by atoms with van der Waals surface area (Å²) in [5.74, 6) is 1.27. The fourth-order valence-electron chi connectivity index (χ4n) is 4.74. The first-order valence-electron chi connectivity index (χ1n) is 10.5. The van der Waals surface area contributed by atoms with E-state index in [2.05, 4.69) is 52.8 Å². The van der Waals surface area contributed by atoms with Gasteiger partial charge in [-0.2, -0.15) is 0 Å². The Kier molecular flexibility index (Phi) is 5.37. The third kappa shape index (κ3) is 3.70. The van der Waals surface area contributed by atoms with E-state index in [0.29, 0.717) is 12.1 Å². The molecule has 5 nitrogen and oxygen atoms in total. The standard InChI is InChI=1S/C21H35N5/c1-17(2)25-12-13-26-19(16-25)7-5-4-6-18-14-20(15-22-21(18)26)24-10-8-23(3)9-11-24/h14-15,17,19H,4-13,16H2,1-3H3/t19-/m1/s1. The van der Waals surface area contributed by atoms with Crippen molar-refractivity contribution in [3.63, 3.8) is 0 Å². The van der Waals surface area contributed by atoms with Gasteiger partial charge in [0.05, 0.1) is 11.9 Å². The molecule has 0 radical (unpaired) electrons. The number of anilines is 2. The number of aryl methyl sites for hydroxylation is 1. The first kappa shape index (κ1) is 18.1. The van der Waals surface area contributed by atoms with Crippen LogP contribution in [-0.2, 0) is 6.42 Å². The Morgan fingerprint density at radius 1 is 1.04 bits per heavy atom. The zero-order chi connectivity index (χ0) is 18.1. The van der Waals surface area contributed by atoms with Gasteiger partial charge in [0.2, 0.25) is 0 Å². The number of fused-ring (bicyclic) bond motifs is 3. The number of rotatable bonds is 2. The number of piperazine rings is 2. The van der Waals surface area contributed by atoms with Crippen molar-refractivity contribution in [3.8, 4) is 0 Å². The molecule has 144 valence electrons. The monoisotopic (exact) mass is 357 g/mol. The molecule has 3 aliphatic heterocycles. The Balaban J connectivity index is 1.56. The molecule has 0 amide bonds. The Morgan fingerprint density at radius 3 is 2.62 bits per heavy atom. The lowest BCUT2D eigenvalue weighted by Gasteiger charge is -2.45. The Hall–Kier alpha value is -1.33. The summed E-state index contributed by atoms with van der Waals surface area (Å²) in [5, 5.41) is 0. The number of pyridine rings is 1. The van der Waals surface area contributed by atoms with Gasteiger partial charge in [-0.05, 0) is 51.8 Å². The van der Waals surface area contributed by atoms with E-state index >= 15 is 0 Å². The van der Waals surface area contributed by atoms with E-state index in [1.54, 1.807) is 0 Å². The average molecular weight is 358 g/mol. The van der Waals surface area contributed by atoms with Crippen LogP contribution in [0.1, 0.15) is 38.7 Å². The van der Waals surface area contributed by atoms with Gasteiger partial charge in [-0.1, -0.05) is 6.42 Å². The minimum absolute atomic E-state index is 0.632. The van der Waals surface area contributed by atoms with Gasteiger partial charge in [0, 0.05) is 57.9 Å². The number of aromatic nitrogens is 1. The van der Waals surface area contributed by atoms with E-state index in [1.165, 1.54) is 49.3 Å². The fraction of sp³-hybridized carbons (Fsp3) is 0.762. The molecule has 0 aromatic carbocycles. The molecule has 0 bridgehead atoms. The number of likely N-dealkylation sites (N-methyl/N-ethyl adjacent to an activating group) is 1. The Labute approximate surface area is 159 Å². The number of nitrogens with zero attached hydrogens (tertiary/aromatic N) is 5. The highest BCUT2D eigenvalue weighted by molar-refractivity contribution is 5.57. The zero-order valence-corrected chi connectivity index (χ0v) is 16.8. The van der Waals surface area contributed by atoms with Crippen LogP contribution in [0.25, 0.3) is 0 Å². The minimum Gasteiger partial charge on any atom is -0.368 e. The van der Waals surface area contributed by atoms with Crippen LogP contribution >= 0.6 is 0 Å². The van der Waals surface area contributed by atoms with Crippen LogP contribution in [-0.4, -0.2) is 79.7 Å². The van der Waals surface area contributed by atoms with Crippen LogP contribution in [0.4, 0.5) is 11.5 Å². The van der Waals surface area contributed by atoms with Gasteiger partial charge in [0.1, 0.15) is 5.82 Å². The molecule has 2 saturated heterocycles. The highest BCUT2D eigenvalue weighted by Crippen LogP contribution is 2.32. The smallest absolute Gasteiger partial charge is 0.132 e. The topological polar surface area (TPSA) is 25.9 Å². The van der Waals surface area contributed by atoms with Crippen LogP contribution in [0.5, 0.6) is 0 Å². The Bertz CT molecular complexity index is 608. The molecule has 1 atom stereocenters. The van der Waals surface area contributed by atoms with Gasteiger partial charge in [-0.15, -0.1) is 0 Å². The van der Waals surface area contributed by atoms with E-state index in [9.17, 15) is 0 Å². The maximum absolute atomic E-state index is 5.02. The molecule has 3 aliphatic rings. The molecule has 1 aromatic heterocycles.